The van der Waals surface area contributed by atoms with Crippen molar-refractivity contribution in [3.05, 3.63) is 58.1 Å². The topological polar surface area (TPSA) is 91.5 Å². The fourth-order valence-corrected chi connectivity index (χ4v) is 3.69. The molecule has 0 aliphatic carbocycles. The van der Waals surface area contributed by atoms with E-state index in [-0.39, 0.29) is 10.6 Å². The molecule has 2 heterocycles. The highest BCUT2D eigenvalue weighted by Gasteiger charge is 2.26. The summed E-state index contributed by atoms with van der Waals surface area (Å²) in [5, 5.41) is 19.8. The predicted octanol–water partition coefficient (Wildman–Crippen LogP) is 4.21. The van der Waals surface area contributed by atoms with Gasteiger partial charge in [0.2, 0.25) is 0 Å². The number of anilines is 1. The molecule has 1 aromatic heterocycles. The molecule has 1 N–H and O–H groups in total. The Morgan fingerprint density at radius 2 is 1.97 bits per heavy atom. The summed E-state index contributed by atoms with van der Waals surface area (Å²) in [4.78, 5) is 11.2. The molecule has 4 rings (SSSR count). The zero-order chi connectivity index (χ0) is 20.4. The fourth-order valence-electron chi connectivity index (χ4n) is 3.69. The molecule has 1 aliphatic rings. The van der Waals surface area contributed by atoms with Crippen LogP contribution in [-0.2, 0) is 6.42 Å². The van der Waals surface area contributed by atoms with Gasteiger partial charge in [-0.25, -0.2) is 4.68 Å². The van der Waals surface area contributed by atoms with Gasteiger partial charge in [-0.2, -0.15) is 5.10 Å². The maximum absolute atomic E-state index is 11.6. The number of benzene rings is 2. The van der Waals surface area contributed by atoms with E-state index in [1.165, 1.54) is 6.07 Å². The molecule has 2 aromatic carbocycles. The van der Waals surface area contributed by atoms with E-state index in [4.69, 9.17) is 14.6 Å². The smallest absolute Gasteiger partial charge is 0.294 e. The molecule has 1 aliphatic heterocycles. The Hall–Kier alpha value is -3.55. The van der Waals surface area contributed by atoms with Gasteiger partial charge >= 0.3 is 0 Å². The van der Waals surface area contributed by atoms with E-state index >= 15 is 0 Å². The SMILES string of the molecule is COc1ccc(OC)c(-c2nn(-c3ccccc3[N+](=O)[O-])c3c2CCCCN3)c1. The summed E-state index contributed by atoms with van der Waals surface area (Å²) in [7, 11) is 3.22. The first kappa shape index (κ1) is 18.8. The van der Waals surface area contributed by atoms with Gasteiger partial charge in [0.1, 0.15) is 28.7 Å². The molecule has 29 heavy (non-hydrogen) atoms. The van der Waals surface area contributed by atoms with Crippen molar-refractivity contribution in [3.63, 3.8) is 0 Å². The fraction of sp³-hybridized carbons (Fsp3) is 0.286. The predicted molar refractivity (Wildman–Crippen MR) is 110 cm³/mol. The van der Waals surface area contributed by atoms with E-state index in [9.17, 15) is 10.1 Å². The number of nitrogens with one attached hydrogen (secondary N) is 1. The van der Waals surface area contributed by atoms with Crippen LogP contribution in [0.25, 0.3) is 16.9 Å². The van der Waals surface area contributed by atoms with E-state index in [1.807, 2.05) is 18.2 Å². The highest BCUT2D eigenvalue weighted by atomic mass is 16.6. The minimum atomic E-state index is -0.383. The average molecular weight is 394 g/mol. The van der Waals surface area contributed by atoms with Gasteiger partial charge in [-0.1, -0.05) is 12.1 Å². The number of fused-ring (bicyclic) bond motifs is 1. The van der Waals surface area contributed by atoms with Crippen LogP contribution in [0.15, 0.2) is 42.5 Å². The maximum atomic E-state index is 11.6. The van der Waals surface area contributed by atoms with Crippen molar-refractivity contribution in [1.82, 2.24) is 9.78 Å². The molecule has 3 aromatic rings. The van der Waals surface area contributed by atoms with E-state index in [0.717, 1.165) is 48.4 Å². The lowest BCUT2D eigenvalue weighted by atomic mass is 10.0. The van der Waals surface area contributed by atoms with Crippen molar-refractivity contribution in [2.24, 2.45) is 0 Å². The Labute approximate surface area is 168 Å². The number of rotatable bonds is 5. The lowest BCUT2D eigenvalue weighted by Gasteiger charge is -2.10. The molecule has 0 amide bonds. The van der Waals surface area contributed by atoms with Gasteiger partial charge in [-0.3, -0.25) is 10.1 Å². The quantitative estimate of drug-likeness (QED) is 0.515. The molecule has 0 bridgehead atoms. The van der Waals surface area contributed by atoms with Crippen molar-refractivity contribution < 1.29 is 14.4 Å². The van der Waals surface area contributed by atoms with Crippen LogP contribution in [0.3, 0.4) is 0 Å². The van der Waals surface area contributed by atoms with Crippen LogP contribution in [-0.4, -0.2) is 35.5 Å². The van der Waals surface area contributed by atoms with Crippen molar-refractivity contribution in [3.8, 4) is 28.4 Å². The Bertz CT molecular complexity index is 1060. The Balaban J connectivity index is 1.98. The number of nitrogens with zero attached hydrogens (tertiary/aromatic N) is 3. The third-order valence-electron chi connectivity index (χ3n) is 5.10. The molecule has 0 atom stereocenters. The molecule has 0 fully saturated rings. The standard InChI is InChI=1S/C21H22N4O4/c1-28-14-10-11-19(29-2)16(13-14)20-15-7-5-6-12-22-21(15)24(23-20)17-8-3-4-9-18(17)25(26)27/h3-4,8-11,13,22H,5-7,12H2,1-2H3. The molecule has 8 heteroatoms. The van der Waals surface area contributed by atoms with Gasteiger partial charge in [-0.05, 0) is 43.5 Å². The summed E-state index contributed by atoms with van der Waals surface area (Å²) in [6.07, 6.45) is 2.83. The Kier molecular flexibility index (Phi) is 5.07. The molecule has 150 valence electrons. The number of methoxy groups -OCH3 is 2. The summed E-state index contributed by atoms with van der Waals surface area (Å²) in [6.45, 7) is 0.786. The van der Waals surface area contributed by atoms with Crippen LogP contribution < -0.4 is 14.8 Å². The first-order chi connectivity index (χ1) is 14.1. The number of ether oxygens (including phenoxy) is 2. The monoisotopic (exact) mass is 394 g/mol. The lowest BCUT2D eigenvalue weighted by Crippen LogP contribution is -2.08. The van der Waals surface area contributed by atoms with Crippen molar-refractivity contribution in [2.75, 3.05) is 26.1 Å². The van der Waals surface area contributed by atoms with Gasteiger partial charge in [0, 0.05) is 23.7 Å². The number of aromatic nitrogens is 2. The Morgan fingerprint density at radius 1 is 1.14 bits per heavy atom. The second-order valence-corrected chi connectivity index (χ2v) is 6.78. The van der Waals surface area contributed by atoms with Crippen molar-refractivity contribution in [2.45, 2.75) is 19.3 Å². The van der Waals surface area contributed by atoms with Crippen LogP contribution in [0.2, 0.25) is 0 Å². The summed E-state index contributed by atoms with van der Waals surface area (Å²) in [6, 6.07) is 12.2. The van der Waals surface area contributed by atoms with Gasteiger partial charge < -0.3 is 14.8 Å². The molecule has 0 saturated carbocycles. The first-order valence-electron chi connectivity index (χ1n) is 9.46. The Morgan fingerprint density at radius 3 is 2.72 bits per heavy atom. The van der Waals surface area contributed by atoms with Crippen LogP contribution in [0.1, 0.15) is 18.4 Å². The average Bonchev–Trinajstić information content (AvgIpc) is 2.93. The van der Waals surface area contributed by atoms with Gasteiger partial charge in [0.25, 0.3) is 5.69 Å². The number of hydrogen-bond acceptors (Lipinski definition) is 6. The van der Waals surface area contributed by atoms with Crippen molar-refractivity contribution >= 4 is 11.5 Å². The number of hydrogen-bond donors (Lipinski definition) is 1. The minimum Gasteiger partial charge on any atom is -0.497 e. The zero-order valence-electron chi connectivity index (χ0n) is 16.3. The van der Waals surface area contributed by atoms with Crippen LogP contribution in [0.4, 0.5) is 11.5 Å². The summed E-state index contributed by atoms with van der Waals surface area (Å²) in [5.41, 5.74) is 2.99. The lowest BCUT2D eigenvalue weighted by molar-refractivity contribution is -0.384. The summed E-state index contributed by atoms with van der Waals surface area (Å²) >= 11 is 0. The highest BCUT2D eigenvalue weighted by molar-refractivity contribution is 5.77. The number of para-hydroxylation sites is 2. The molecule has 0 saturated heterocycles. The molecule has 8 nitrogen and oxygen atoms in total. The van der Waals surface area contributed by atoms with Crippen LogP contribution in [0, 0.1) is 10.1 Å². The second kappa shape index (κ2) is 7.83. The number of nitro groups is 1. The molecule has 0 radical (unpaired) electrons. The van der Waals surface area contributed by atoms with Crippen molar-refractivity contribution in [1.29, 1.82) is 0 Å². The zero-order valence-corrected chi connectivity index (χ0v) is 16.3. The van der Waals surface area contributed by atoms with Gasteiger partial charge in [-0.15, -0.1) is 0 Å². The van der Waals surface area contributed by atoms with Gasteiger partial charge in [0.05, 0.1) is 19.1 Å². The van der Waals surface area contributed by atoms with Crippen LogP contribution >= 0.6 is 0 Å². The molecular formula is C21H22N4O4. The normalized spacial score (nSPS) is 13.2. The van der Waals surface area contributed by atoms with E-state index < -0.39 is 0 Å². The maximum Gasteiger partial charge on any atom is 0.294 e. The third-order valence-corrected chi connectivity index (χ3v) is 5.10. The summed E-state index contributed by atoms with van der Waals surface area (Å²) < 4.78 is 12.6. The second-order valence-electron chi connectivity index (χ2n) is 6.78. The molecule has 0 unspecified atom stereocenters. The molecule has 0 spiro atoms. The van der Waals surface area contributed by atoms with Crippen LogP contribution in [0.5, 0.6) is 11.5 Å². The first-order valence-corrected chi connectivity index (χ1v) is 9.46. The van der Waals surface area contributed by atoms with Gasteiger partial charge in [0.15, 0.2) is 0 Å². The molecular weight excluding hydrogens is 372 g/mol. The minimum absolute atomic E-state index is 0.00741. The highest BCUT2D eigenvalue weighted by Crippen LogP contribution is 2.40. The third kappa shape index (κ3) is 3.37. The van der Waals surface area contributed by atoms with E-state index in [1.54, 1.807) is 37.1 Å². The number of nitro benzene ring substituents is 1. The van der Waals surface area contributed by atoms with E-state index in [0.29, 0.717) is 17.2 Å². The summed E-state index contributed by atoms with van der Waals surface area (Å²) in [5.74, 6) is 2.15. The van der Waals surface area contributed by atoms with E-state index in [2.05, 4.69) is 5.32 Å². The largest absolute Gasteiger partial charge is 0.497 e.